The number of nitrogens with zero attached hydrogens (tertiary/aromatic N) is 2. The number of amides is 1. The molecule has 3 rings (SSSR count). The fourth-order valence-corrected chi connectivity index (χ4v) is 3.85. The Balaban J connectivity index is 2.00. The molecule has 0 fully saturated rings. The number of ether oxygens (including phenoxy) is 2. The smallest absolute Gasteiger partial charge is 0.325 e. The van der Waals surface area contributed by atoms with Gasteiger partial charge in [0.05, 0.1) is 30.9 Å². The lowest BCUT2D eigenvalue weighted by atomic mass is 10.1. The van der Waals surface area contributed by atoms with E-state index in [0.717, 1.165) is 21.3 Å². The molecule has 0 spiro atoms. The number of methoxy groups -OCH3 is 2. The SMILES string of the molecule is COC(=O)Cn1c(=NC(=O)Cc2cc(C)ccc2OC)sc2ccccc21. The Labute approximate surface area is 160 Å². The lowest BCUT2D eigenvalue weighted by Crippen LogP contribution is -2.22. The van der Waals surface area contributed by atoms with Gasteiger partial charge in [-0.05, 0) is 25.1 Å². The number of fused-ring (bicyclic) bond motifs is 1. The van der Waals surface area contributed by atoms with Gasteiger partial charge in [-0.25, -0.2) is 0 Å². The fourth-order valence-electron chi connectivity index (χ4n) is 2.81. The molecule has 0 N–H and O–H groups in total. The molecule has 2 aromatic carbocycles. The van der Waals surface area contributed by atoms with Gasteiger partial charge in [-0.1, -0.05) is 41.2 Å². The topological polar surface area (TPSA) is 69.9 Å². The molecule has 7 heteroatoms. The molecule has 0 radical (unpaired) electrons. The van der Waals surface area contributed by atoms with Gasteiger partial charge in [0.25, 0.3) is 5.91 Å². The summed E-state index contributed by atoms with van der Waals surface area (Å²) in [6.45, 7) is 1.96. The van der Waals surface area contributed by atoms with Crippen LogP contribution in [-0.2, 0) is 27.3 Å². The van der Waals surface area contributed by atoms with Crippen molar-refractivity contribution in [1.29, 1.82) is 0 Å². The van der Waals surface area contributed by atoms with Gasteiger partial charge in [0.15, 0.2) is 4.80 Å². The first-order chi connectivity index (χ1) is 13.0. The highest BCUT2D eigenvalue weighted by atomic mass is 32.1. The van der Waals surface area contributed by atoms with Crippen LogP contribution in [0.1, 0.15) is 11.1 Å². The molecule has 0 atom stereocenters. The summed E-state index contributed by atoms with van der Waals surface area (Å²) >= 11 is 1.36. The first-order valence-corrected chi connectivity index (χ1v) is 9.19. The number of thiazole rings is 1. The van der Waals surface area contributed by atoms with E-state index in [2.05, 4.69) is 4.99 Å². The van der Waals surface area contributed by atoms with Crippen LogP contribution in [-0.4, -0.2) is 30.7 Å². The Morgan fingerprint density at radius 2 is 1.93 bits per heavy atom. The van der Waals surface area contributed by atoms with E-state index in [-0.39, 0.29) is 18.9 Å². The molecule has 1 heterocycles. The van der Waals surface area contributed by atoms with E-state index in [1.165, 1.54) is 18.4 Å². The van der Waals surface area contributed by atoms with Crippen molar-refractivity contribution in [3.63, 3.8) is 0 Å². The van der Waals surface area contributed by atoms with Crippen LogP contribution in [0.3, 0.4) is 0 Å². The van der Waals surface area contributed by atoms with Crippen LogP contribution in [0, 0.1) is 6.92 Å². The zero-order chi connectivity index (χ0) is 19.4. The van der Waals surface area contributed by atoms with Crippen LogP contribution in [0.4, 0.5) is 0 Å². The Hall–Kier alpha value is -2.93. The normalized spacial score (nSPS) is 11.6. The third kappa shape index (κ3) is 4.25. The third-order valence-corrected chi connectivity index (χ3v) is 5.16. The molecule has 0 unspecified atom stereocenters. The van der Waals surface area contributed by atoms with Crippen molar-refractivity contribution in [2.45, 2.75) is 19.9 Å². The van der Waals surface area contributed by atoms with E-state index in [0.29, 0.717) is 10.6 Å². The van der Waals surface area contributed by atoms with E-state index in [9.17, 15) is 9.59 Å². The molecular weight excluding hydrogens is 364 g/mol. The van der Waals surface area contributed by atoms with Crippen molar-refractivity contribution in [3.05, 3.63) is 58.4 Å². The molecule has 0 bridgehead atoms. The molecular formula is C20H20N2O4S. The molecule has 1 amide bonds. The predicted octanol–water partition coefficient (Wildman–Crippen LogP) is 2.86. The van der Waals surface area contributed by atoms with Gasteiger partial charge in [0, 0.05) is 5.56 Å². The summed E-state index contributed by atoms with van der Waals surface area (Å²) in [5.41, 5.74) is 2.67. The maximum atomic E-state index is 12.6. The van der Waals surface area contributed by atoms with Gasteiger partial charge in [-0.15, -0.1) is 0 Å². The molecule has 0 saturated heterocycles. The van der Waals surface area contributed by atoms with Gasteiger partial charge in [-0.3, -0.25) is 9.59 Å². The number of benzene rings is 2. The lowest BCUT2D eigenvalue weighted by Gasteiger charge is -2.07. The third-order valence-electron chi connectivity index (χ3n) is 4.10. The van der Waals surface area contributed by atoms with Crippen LogP contribution >= 0.6 is 11.3 Å². The summed E-state index contributed by atoms with van der Waals surface area (Å²) in [6, 6.07) is 13.3. The molecule has 1 aromatic heterocycles. The molecule has 6 nitrogen and oxygen atoms in total. The average Bonchev–Trinajstić information content (AvgIpc) is 2.99. The van der Waals surface area contributed by atoms with E-state index in [1.807, 2.05) is 49.4 Å². The summed E-state index contributed by atoms with van der Waals surface area (Å²) in [7, 11) is 2.91. The van der Waals surface area contributed by atoms with Gasteiger partial charge < -0.3 is 14.0 Å². The van der Waals surface area contributed by atoms with E-state index < -0.39 is 5.97 Å². The first kappa shape index (κ1) is 18.8. The number of aryl methyl sites for hydroxylation is 1. The minimum atomic E-state index is -0.396. The number of aromatic nitrogens is 1. The Morgan fingerprint density at radius 1 is 1.15 bits per heavy atom. The molecule has 27 heavy (non-hydrogen) atoms. The van der Waals surface area contributed by atoms with Crippen molar-refractivity contribution >= 4 is 33.4 Å². The molecule has 3 aromatic rings. The number of carbonyl (C=O) groups is 2. The van der Waals surface area contributed by atoms with Crippen molar-refractivity contribution in [2.24, 2.45) is 4.99 Å². The lowest BCUT2D eigenvalue weighted by molar-refractivity contribution is -0.141. The summed E-state index contributed by atoms with van der Waals surface area (Å²) < 4.78 is 12.8. The number of esters is 1. The number of carbonyl (C=O) groups excluding carboxylic acids is 2. The summed E-state index contributed by atoms with van der Waals surface area (Å²) in [5, 5.41) is 0. The number of hydrogen-bond acceptors (Lipinski definition) is 5. The number of para-hydroxylation sites is 1. The van der Waals surface area contributed by atoms with Gasteiger partial charge >= 0.3 is 5.97 Å². The van der Waals surface area contributed by atoms with E-state index in [1.54, 1.807) is 11.7 Å². The average molecular weight is 384 g/mol. The van der Waals surface area contributed by atoms with Crippen LogP contribution in [0.15, 0.2) is 47.5 Å². The van der Waals surface area contributed by atoms with Crippen molar-refractivity contribution < 1.29 is 19.1 Å². The van der Waals surface area contributed by atoms with Crippen molar-refractivity contribution in [2.75, 3.05) is 14.2 Å². The van der Waals surface area contributed by atoms with Gasteiger partial charge in [0.2, 0.25) is 0 Å². The molecule has 0 aliphatic rings. The predicted molar refractivity (Wildman–Crippen MR) is 104 cm³/mol. The maximum Gasteiger partial charge on any atom is 0.325 e. The van der Waals surface area contributed by atoms with Crippen LogP contribution in [0.2, 0.25) is 0 Å². The van der Waals surface area contributed by atoms with Crippen molar-refractivity contribution in [1.82, 2.24) is 4.57 Å². The van der Waals surface area contributed by atoms with Crippen LogP contribution in [0.5, 0.6) is 5.75 Å². The highest BCUT2D eigenvalue weighted by Crippen LogP contribution is 2.21. The van der Waals surface area contributed by atoms with E-state index >= 15 is 0 Å². The molecule has 0 aliphatic heterocycles. The largest absolute Gasteiger partial charge is 0.496 e. The Bertz CT molecular complexity index is 1070. The monoisotopic (exact) mass is 384 g/mol. The highest BCUT2D eigenvalue weighted by Gasteiger charge is 2.13. The standard InChI is InChI=1S/C20H20N2O4S/c1-13-8-9-16(25-2)14(10-13)11-18(23)21-20-22(12-19(24)26-3)15-6-4-5-7-17(15)27-20/h4-10H,11-12H2,1-3H3. The second kappa shape index (κ2) is 8.18. The number of hydrogen-bond donors (Lipinski definition) is 0. The van der Waals surface area contributed by atoms with Gasteiger partial charge in [-0.2, -0.15) is 4.99 Å². The summed E-state index contributed by atoms with van der Waals surface area (Å²) in [5.74, 6) is -0.0418. The second-order valence-corrected chi connectivity index (χ2v) is 7.02. The Morgan fingerprint density at radius 3 is 2.67 bits per heavy atom. The minimum absolute atomic E-state index is 0.000390. The minimum Gasteiger partial charge on any atom is -0.496 e. The van der Waals surface area contributed by atoms with Gasteiger partial charge in [0.1, 0.15) is 12.3 Å². The zero-order valence-corrected chi connectivity index (χ0v) is 16.2. The van der Waals surface area contributed by atoms with Crippen LogP contribution < -0.4 is 9.54 Å². The summed E-state index contributed by atoms with van der Waals surface area (Å²) in [4.78, 5) is 29.1. The molecule has 0 saturated carbocycles. The second-order valence-electron chi connectivity index (χ2n) is 6.01. The molecule has 140 valence electrons. The fraction of sp³-hybridized carbons (Fsp3) is 0.250. The maximum absolute atomic E-state index is 12.6. The molecule has 0 aliphatic carbocycles. The summed E-state index contributed by atoms with van der Waals surface area (Å²) in [6.07, 6.45) is 0.122. The zero-order valence-electron chi connectivity index (χ0n) is 15.4. The van der Waals surface area contributed by atoms with Crippen molar-refractivity contribution in [3.8, 4) is 5.75 Å². The van der Waals surface area contributed by atoms with Crippen LogP contribution in [0.25, 0.3) is 10.2 Å². The van der Waals surface area contributed by atoms with E-state index in [4.69, 9.17) is 9.47 Å². The Kier molecular flexibility index (Phi) is 5.71. The number of rotatable bonds is 5. The highest BCUT2D eigenvalue weighted by molar-refractivity contribution is 7.16. The first-order valence-electron chi connectivity index (χ1n) is 8.38. The quantitative estimate of drug-likeness (QED) is 0.634.